The first kappa shape index (κ1) is 19.4. The van der Waals surface area contributed by atoms with E-state index in [1.54, 1.807) is 29.2 Å². The zero-order valence-electron chi connectivity index (χ0n) is 17.2. The van der Waals surface area contributed by atoms with Crippen LogP contribution in [-0.4, -0.2) is 75.6 Å². The highest BCUT2D eigenvalue weighted by atomic mass is 16.2. The average Bonchev–Trinajstić information content (AvgIpc) is 3.50. The SMILES string of the molecule is O=C(c1ccc(-n2cccn2)nc1)N1CCN(CC(=O)N2CCc3ccccc32)CC1. The molecule has 2 aromatic heterocycles. The first-order valence-corrected chi connectivity index (χ1v) is 10.5. The van der Waals surface area contributed by atoms with Gasteiger partial charge in [0.15, 0.2) is 5.82 Å². The Labute approximate surface area is 180 Å². The number of fused-ring (bicyclic) bond motifs is 1. The summed E-state index contributed by atoms with van der Waals surface area (Å²) < 4.78 is 1.66. The number of hydrogen-bond donors (Lipinski definition) is 0. The minimum absolute atomic E-state index is 0.0287. The van der Waals surface area contributed by atoms with Gasteiger partial charge in [-0.2, -0.15) is 5.10 Å². The number of amides is 2. The second kappa shape index (κ2) is 8.31. The highest BCUT2D eigenvalue weighted by molar-refractivity contribution is 5.97. The minimum Gasteiger partial charge on any atom is -0.336 e. The fraction of sp³-hybridized carbons (Fsp3) is 0.304. The van der Waals surface area contributed by atoms with E-state index in [2.05, 4.69) is 21.0 Å². The van der Waals surface area contributed by atoms with E-state index in [1.165, 1.54) is 5.56 Å². The topological polar surface area (TPSA) is 74.6 Å². The Hall–Kier alpha value is -3.52. The monoisotopic (exact) mass is 416 g/mol. The van der Waals surface area contributed by atoms with E-state index in [0.717, 1.165) is 18.7 Å². The number of hydrogen-bond acceptors (Lipinski definition) is 5. The van der Waals surface area contributed by atoms with E-state index in [9.17, 15) is 9.59 Å². The van der Waals surface area contributed by atoms with Crippen molar-refractivity contribution in [3.8, 4) is 5.82 Å². The number of anilines is 1. The first-order chi connectivity index (χ1) is 15.2. The lowest BCUT2D eigenvalue weighted by molar-refractivity contribution is -0.120. The number of rotatable bonds is 4. The van der Waals surface area contributed by atoms with Crippen LogP contribution in [-0.2, 0) is 11.2 Å². The van der Waals surface area contributed by atoms with Crippen molar-refractivity contribution in [2.75, 3.05) is 44.2 Å². The zero-order chi connectivity index (χ0) is 21.2. The Morgan fingerprint density at radius 3 is 2.52 bits per heavy atom. The summed E-state index contributed by atoms with van der Waals surface area (Å²) in [5, 5.41) is 4.15. The molecule has 4 heterocycles. The number of piperazine rings is 1. The number of carbonyl (C=O) groups excluding carboxylic acids is 2. The fourth-order valence-electron chi connectivity index (χ4n) is 4.22. The summed E-state index contributed by atoms with van der Waals surface area (Å²) in [5.74, 6) is 0.774. The molecule has 31 heavy (non-hydrogen) atoms. The first-order valence-electron chi connectivity index (χ1n) is 10.5. The predicted molar refractivity (Wildman–Crippen MR) is 116 cm³/mol. The van der Waals surface area contributed by atoms with Gasteiger partial charge < -0.3 is 9.80 Å². The number of benzene rings is 1. The van der Waals surface area contributed by atoms with Crippen molar-refractivity contribution < 1.29 is 9.59 Å². The van der Waals surface area contributed by atoms with Gasteiger partial charge in [-0.05, 0) is 36.2 Å². The van der Waals surface area contributed by atoms with Crippen LogP contribution in [0.15, 0.2) is 61.1 Å². The second-order valence-corrected chi connectivity index (χ2v) is 7.85. The molecule has 0 bridgehead atoms. The van der Waals surface area contributed by atoms with Crippen LogP contribution in [0.3, 0.4) is 0 Å². The molecule has 0 aliphatic carbocycles. The largest absolute Gasteiger partial charge is 0.336 e. The van der Waals surface area contributed by atoms with Crippen molar-refractivity contribution in [1.82, 2.24) is 24.6 Å². The molecule has 0 unspecified atom stereocenters. The Balaban J connectivity index is 1.15. The van der Waals surface area contributed by atoms with Crippen LogP contribution in [0.25, 0.3) is 5.82 Å². The summed E-state index contributed by atoms with van der Waals surface area (Å²) in [7, 11) is 0. The van der Waals surface area contributed by atoms with E-state index in [0.29, 0.717) is 44.1 Å². The number of aromatic nitrogens is 3. The molecule has 1 fully saturated rings. The molecule has 2 aliphatic heterocycles. The standard InChI is InChI=1S/C23H24N6O2/c30-22(28-11-8-18-4-1-2-5-20(18)28)17-26-12-14-27(15-13-26)23(31)19-6-7-21(24-16-19)29-10-3-9-25-29/h1-7,9-10,16H,8,11-15,17H2. The van der Waals surface area contributed by atoms with Gasteiger partial charge >= 0.3 is 0 Å². The van der Waals surface area contributed by atoms with Crippen molar-refractivity contribution in [2.24, 2.45) is 0 Å². The Morgan fingerprint density at radius 2 is 1.77 bits per heavy atom. The van der Waals surface area contributed by atoms with Gasteiger partial charge in [0, 0.05) is 57.0 Å². The van der Waals surface area contributed by atoms with Crippen molar-refractivity contribution in [3.05, 3.63) is 72.2 Å². The smallest absolute Gasteiger partial charge is 0.255 e. The van der Waals surface area contributed by atoms with Crippen molar-refractivity contribution in [3.63, 3.8) is 0 Å². The number of carbonyl (C=O) groups is 2. The molecule has 1 aromatic carbocycles. The molecule has 2 amide bonds. The van der Waals surface area contributed by atoms with E-state index >= 15 is 0 Å². The van der Waals surface area contributed by atoms with E-state index in [4.69, 9.17) is 0 Å². The maximum Gasteiger partial charge on any atom is 0.255 e. The fourth-order valence-corrected chi connectivity index (χ4v) is 4.22. The van der Waals surface area contributed by atoms with Crippen LogP contribution in [0.5, 0.6) is 0 Å². The van der Waals surface area contributed by atoms with Crippen molar-refractivity contribution in [2.45, 2.75) is 6.42 Å². The maximum atomic E-state index is 12.8. The molecule has 8 heteroatoms. The Morgan fingerprint density at radius 1 is 0.935 bits per heavy atom. The molecule has 1 saturated heterocycles. The van der Waals surface area contributed by atoms with Gasteiger partial charge in [-0.3, -0.25) is 14.5 Å². The highest BCUT2D eigenvalue weighted by Crippen LogP contribution is 2.27. The molecule has 0 N–H and O–H groups in total. The van der Waals surface area contributed by atoms with Gasteiger partial charge in [-0.1, -0.05) is 18.2 Å². The summed E-state index contributed by atoms with van der Waals surface area (Å²) in [6, 6.07) is 13.5. The van der Waals surface area contributed by atoms with E-state index in [1.807, 2.05) is 40.3 Å². The predicted octanol–water partition coefficient (Wildman–Crippen LogP) is 1.61. The molecular formula is C23H24N6O2. The molecule has 158 valence electrons. The third-order valence-electron chi connectivity index (χ3n) is 5.94. The molecule has 2 aliphatic rings. The zero-order valence-corrected chi connectivity index (χ0v) is 17.2. The summed E-state index contributed by atoms with van der Waals surface area (Å²) in [4.78, 5) is 35.9. The molecular weight excluding hydrogens is 392 g/mol. The van der Waals surface area contributed by atoms with Crippen LogP contribution in [0.1, 0.15) is 15.9 Å². The van der Waals surface area contributed by atoms with Crippen molar-refractivity contribution >= 4 is 17.5 Å². The van der Waals surface area contributed by atoms with Crippen LogP contribution >= 0.6 is 0 Å². The average molecular weight is 416 g/mol. The van der Waals surface area contributed by atoms with E-state index in [-0.39, 0.29) is 11.8 Å². The normalized spacial score (nSPS) is 16.4. The van der Waals surface area contributed by atoms with Crippen LogP contribution < -0.4 is 4.90 Å². The molecule has 0 atom stereocenters. The molecule has 8 nitrogen and oxygen atoms in total. The van der Waals surface area contributed by atoms with Gasteiger partial charge in [0.25, 0.3) is 5.91 Å². The quantitative estimate of drug-likeness (QED) is 0.646. The molecule has 5 rings (SSSR count). The molecule has 3 aromatic rings. The highest BCUT2D eigenvalue weighted by Gasteiger charge is 2.28. The van der Waals surface area contributed by atoms with Gasteiger partial charge in [0.05, 0.1) is 12.1 Å². The lowest BCUT2D eigenvalue weighted by atomic mass is 10.2. The summed E-state index contributed by atoms with van der Waals surface area (Å²) in [6.45, 7) is 3.71. The summed E-state index contributed by atoms with van der Waals surface area (Å²) in [5.41, 5.74) is 2.83. The van der Waals surface area contributed by atoms with E-state index < -0.39 is 0 Å². The lowest BCUT2D eigenvalue weighted by Crippen LogP contribution is -2.51. The molecule has 0 spiro atoms. The molecule has 0 radical (unpaired) electrons. The number of para-hydroxylation sites is 1. The van der Waals surface area contributed by atoms with Gasteiger partial charge in [0.2, 0.25) is 5.91 Å². The maximum absolute atomic E-state index is 12.8. The van der Waals surface area contributed by atoms with Crippen LogP contribution in [0, 0.1) is 0 Å². The van der Waals surface area contributed by atoms with Gasteiger partial charge in [-0.25, -0.2) is 9.67 Å². The van der Waals surface area contributed by atoms with Gasteiger partial charge in [0.1, 0.15) is 0 Å². The summed E-state index contributed by atoms with van der Waals surface area (Å²) >= 11 is 0. The third kappa shape index (κ3) is 3.94. The second-order valence-electron chi connectivity index (χ2n) is 7.85. The van der Waals surface area contributed by atoms with Crippen LogP contribution in [0.4, 0.5) is 5.69 Å². The molecule has 0 saturated carbocycles. The number of nitrogens with zero attached hydrogens (tertiary/aromatic N) is 6. The minimum atomic E-state index is -0.0287. The Bertz CT molecular complexity index is 1070. The lowest BCUT2D eigenvalue weighted by Gasteiger charge is -2.35. The number of pyridine rings is 1. The van der Waals surface area contributed by atoms with Gasteiger partial charge in [-0.15, -0.1) is 0 Å². The van der Waals surface area contributed by atoms with Crippen LogP contribution in [0.2, 0.25) is 0 Å². The Kier molecular flexibility index (Phi) is 5.21. The third-order valence-corrected chi connectivity index (χ3v) is 5.94. The van der Waals surface area contributed by atoms with Crippen molar-refractivity contribution in [1.29, 1.82) is 0 Å². The summed E-state index contributed by atoms with van der Waals surface area (Å²) in [6.07, 6.45) is 6.01.